The van der Waals surface area contributed by atoms with Crippen LogP contribution in [0.2, 0.25) is 0 Å². The van der Waals surface area contributed by atoms with Gasteiger partial charge in [-0.25, -0.2) is 4.98 Å². The number of nitrogens with zero attached hydrogens (tertiary/aromatic N) is 3. The molecule has 4 nitrogen and oxygen atoms in total. The number of benzene rings is 1. The predicted molar refractivity (Wildman–Crippen MR) is 97.9 cm³/mol. The summed E-state index contributed by atoms with van der Waals surface area (Å²) in [6.45, 7) is 5.90. The highest BCUT2D eigenvalue weighted by molar-refractivity contribution is 7.07. The first-order chi connectivity index (χ1) is 11.8. The lowest BCUT2D eigenvalue weighted by atomic mass is 10.1. The van der Waals surface area contributed by atoms with E-state index < -0.39 is 0 Å². The van der Waals surface area contributed by atoms with E-state index in [1.165, 1.54) is 5.56 Å². The molecular formula is C19H25N3OS. The molecule has 5 heteroatoms. The van der Waals surface area contributed by atoms with Gasteiger partial charge in [-0.3, -0.25) is 9.69 Å². The predicted octanol–water partition coefficient (Wildman–Crippen LogP) is 3.20. The molecule has 1 aliphatic heterocycles. The Labute approximate surface area is 148 Å². The fraction of sp³-hybridized carbons (Fsp3) is 0.474. The second-order valence-electron chi connectivity index (χ2n) is 6.35. The number of hydrogen-bond acceptors (Lipinski definition) is 4. The molecule has 1 atom stereocenters. The molecule has 0 bridgehead atoms. The molecule has 0 radical (unpaired) electrons. The summed E-state index contributed by atoms with van der Waals surface area (Å²) in [6, 6.07) is 10.9. The second-order valence-corrected chi connectivity index (χ2v) is 7.07. The molecule has 1 fully saturated rings. The van der Waals surface area contributed by atoms with Crippen LogP contribution in [0, 0.1) is 0 Å². The topological polar surface area (TPSA) is 36.4 Å². The number of piperazine rings is 1. The summed E-state index contributed by atoms with van der Waals surface area (Å²) in [5.41, 5.74) is 4.21. The molecule has 1 aromatic heterocycles. The molecule has 0 N–H and O–H groups in total. The highest BCUT2D eigenvalue weighted by atomic mass is 32.1. The molecule has 1 aromatic carbocycles. The molecule has 2 aromatic rings. The maximum absolute atomic E-state index is 12.6. The summed E-state index contributed by atoms with van der Waals surface area (Å²) in [7, 11) is 0. The van der Waals surface area contributed by atoms with E-state index in [2.05, 4.69) is 52.0 Å². The first-order valence-electron chi connectivity index (χ1n) is 8.69. The van der Waals surface area contributed by atoms with Crippen molar-refractivity contribution in [3.05, 3.63) is 52.5 Å². The summed E-state index contributed by atoms with van der Waals surface area (Å²) in [6.07, 6.45) is 2.33. The molecule has 0 aliphatic carbocycles. The number of carbonyl (C=O) groups excluding carboxylic acids is 1. The molecule has 0 saturated carbocycles. The molecule has 0 spiro atoms. The van der Waals surface area contributed by atoms with E-state index >= 15 is 0 Å². The van der Waals surface area contributed by atoms with Crippen LogP contribution < -0.4 is 0 Å². The Morgan fingerprint density at radius 3 is 2.83 bits per heavy atom. The maximum Gasteiger partial charge on any atom is 0.223 e. The Bertz CT molecular complexity index is 629. The van der Waals surface area contributed by atoms with Gasteiger partial charge in [0.2, 0.25) is 5.91 Å². The van der Waals surface area contributed by atoms with Gasteiger partial charge in [-0.1, -0.05) is 37.3 Å². The van der Waals surface area contributed by atoms with Gasteiger partial charge in [0.15, 0.2) is 0 Å². The Hall–Kier alpha value is -1.72. The van der Waals surface area contributed by atoms with Crippen molar-refractivity contribution in [1.82, 2.24) is 14.8 Å². The molecule has 1 saturated heterocycles. The van der Waals surface area contributed by atoms with Crippen molar-refractivity contribution >= 4 is 17.2 Å². The standard InChI is InChI=1S/C19H25N3OS/c1-2-18-13-21(12-16-6-4-3-5-7-16)10-11-22(18)19(23)9-8-17-14-24-15-20-17/h3-7,14-15,18H,2,8-13H2,1H3/t18-/m0/s1. The number of aryl methyl sites for hydroxylation is 1. The number of carbonyl (C=O) groups is 1. The third-order valence-corrected chi connectivity index (χ3v) is 5.32. The van der Waals surface area contributed by atoms with Crippen molar-refractivity contribution in [1.29, 1.82) is 0 Å². The van der Waals surface area contributed by atoms with Crippen LogP contribution in [0.1, 0.15) is 31.0 Å². The molecule has 1 amide bonds. The van der Waals surface area contributed by atoms with Crippen LogP contribution in [-0.2, 0) is 17.8 Å². The van der Waals surface area contributed by atoms with Crippen LogP contribution in [0.5, 0.6) is 0 Å². The van der Waals surface area contributed by atoms with Crippen LogP contribution in [0.3, 0.4) is 0 Å². The second kappa shape index (κ2) is 8.40. The van der Waals surface area contributed by atoms with Gasteiger partial charge in [0, 0.05) is 44.0 Å². The Balaban J connectivity index is 1.53. The molecular weight excluding hydrogens is 318 g/mol. The normalized spacial score (nSPS) is 18.7. The van der Waals surface area contributed by atoms with Crippen LogP contribution in [0.15, 0.2) is 41.2 Å². The molecule has 2 heterocycles. The quantitative estimate of drug-likeness (QED) is 0.808. The smallest absolute Gasteiger partial charge is 0.223 e. The van der Waals surface area contributed by atoms with Crippen LogP contribution in [0.25, 0.3) is 0 Å². The van der Waals surface area contributed by atoms with Crippen molar-refractivity contribution < 1.29 is 4.79 Å². The van der Waals surface area contributed by atoms with Gasteiger partial charge in [-0.15, -0.1) is 11.3 Å². The highest BCUT2D eigenvalue weighted by Crippen LogP contribution is 2.17. The fourth-order valence-electron chi connectivity index (χ4n) is 3.32. The van der Waals surface area contributed by atoms with Crippen LogP contribution >= 0.6 is 11.3 Å². The zero-order chi connectivity index (χ0) is 16.8. The number of amides is 1. The molecule has 128 valence electrons. The number of aromatic nitrogens is 1. The molecule has 3 rings (SSSR count). The van der Waals surface area contributed by atoms with E-state index in [1.807, 2.05) is 10.9 Å². The van der Waals surface area contributed by atoms with E-state index in [1.54, 1.807) is 11.3 Å². The monoisotopic (exact) mass is 343 g/mol. The van der Waals surface area contributed by atoms with E-state index in [9.17, 15) is 4.79 Å². The fourth-order valence-corrected chi connectivity index (χ4v) is 3.92. The van der Waals surface area contributed by atoms with Crippen molar-refractivity contribution in [2.45, 2.75) is 38.8 Å². The first-order valence-corrected chi connectivity index (χ1v) is 9.63. The minimum atomic E-state index is 0.272. The Kier molecular flexibility index (Phi) is 5.99. The summed E-state index contributed by atoms with van der Waals surface area (Å²) >= 11 is 1.59. The summed E-state index contributed by atoms with van der Waals surface area (Å²) < 4.78 is 0. The minimum Gasteiger partial charge on any atom is -0.337 e. The van der Waals surface area contributed by atoms with Gasteiger partial charge in [0.05, 0.1) is 11.2 Å². The third-order valence-electron chi connectivity index (χ3n) is 4.69. The first kappa shape index (κ1) is 17.1. The number of hydrogen-bond donors (Lipinski definition) is 0. The largest absolute Gasteiger partial charge is 0.337 e. The lowest BCUT2D eigenvalue weighted by Crippen LogP contribution is -2.54. The summed E-state index contributed by atoms with van der Waals surface area (Å²) in [5.74, 6) is 0.272. The zero-order valence-electron chi connectivity index (χ0n) is 14.2. The van der Waals surface area contributed by atoms with E-state index in [4.69, 9.17) is 0 Å². The average Bonchev–Trinajstić information content (AvgIpc) is 3.14. The van der Waals surface area contributed by atoms with Crippen molar-refractivity contribution in [3.63, 3.8) is 0 Å². The van der Waals surface area contributed by atoms with Crippen LogP contribution in [-0.4, -0.2) is 46.4 Å². The Morgan fingerprint density at radius 1 is 1.29 bits per heavy atom. The van der Waals surface area contributed by atoms with E-state index in [0.29, 0.717) is 12.5 Å². The zero-order valence-corrected chi connectivity index (χ0v) is 15.0. The Morgan fingerprint density at radius 2 is 2.12 bits per heavy atom. The van der Waals surface area contributed by atoms with Gasteiger partial charge < -0.3 is 4.90 Å². The minimum absolute atomic E-state index is 0.272. The van der Waals surface area contributed by atoms with Gasteiger partial charge in [-0.2, -0.15) is 0 Å². The lowest BCUT2D eigenvalue weighted by molar-refractivity contribution is -0.136. The SMILES string of the molecule is CC[C@H]1CN(Cc2ccccc2)CCN1C(=O)CCc1cscn1. The lowest BCUT2D eigenvalue weighted by Gasteiger charge is -2.41. The van der Waals surface area contributed by atoms with Crippen LogP contribution in [0.4, 0.5) is 0 Å². The van der Waals surface area contributed by atoms with Gasteiger partial charge >= 0.3 is 0 Å². The number of rotatable bonds is 6. The average molecular weight is 343 g/mol. The van der Waals surface area contributed by atoms with E-state index in [-0.39, 0.29) is 5.91 Å². The van der Waals surface area contributed by atoms with Gasteiger partial charge in [0.25, 0.3) is 0 Å². The van der Waals surface area contributed by atoms with Gasteiger partial charge in [-0.05, 0) is 18.4 Å². The summed E-state index contributed by atoms with van der Waals surface area (Å²) in [4.78, 5) is 21.4. The van der Waals surface area contributed by atoms with Crippen molar-refractivity contribution in [3.8, 4) is 0 Å². The van der Waals surface area contributed by atoms with Crippen molar-refractivity contribution in [2.75, 3.05) is 19.6 Å². The number of thiazole rings is 1. The summed E-state index contributed by atoms with van der Waals surface area (Å²) in [5, 5.41) is 2.03. The van der Waals surface area contributed by atoms with Gasteiger partial charge in [0.1, 0.15) is 0 Å². The molecule has 24 heavy (non-hydrogen) atoms. The molecule has 1 aliphatic rings. The maximum atomic E-state index is 12.6. The third kappa shape index (κ3) is 4.42. The van der Waals surface area contributed by atoms with E-state index in [0.717, 1.165) is 44.7 Å². The highest BCUT2D eigenvalue weighted by Gasteiger charge is 2.28. The van der Waals surface area contributed by atoms with Crippen molar-refractivity contribution in [2.24, 2.45) is 0 Å². The molecule has 0 unspecified atom stereocenters.